The second-order valence-electron chi connectivity index (χ2n) is 5.76. The Balaban J connectivity index is 2.35. The highest BCUT2D eigenvalue weighted by Gasteiger charge is 2.39. The number of aromatic nitrogens is 2. The van der Waals surface area contributed by atoms with Crippen LogP contribution in [0.1, 0.15) is 45.3 Å². The van der Waals surface area contributed by atoms with Crippen LogP contribution in [0.5, 0.6) is 0 Å². The van der Waals surface area contributed by atoms with Gasteiger partial charge in [0.2, 0.25) is 0 Å². The van der Waals surface area contributed by atoms with Crippen LogP contribution < -0.4 is 5.32 Å². The number of nitrogens with zero attached hydrogens (tertiary/aromatic N) is 3. The Morgan fingerprint density at radius 1 is 1.42 bits per heavy atom. The van der Waals surface area contributed by atoms with Gasteiger partial charge in [-0.2, -0.15) is 5.10 Å². The Morgan fingerprint density at radius 2 is 2.05 bits per heavy atom. The number of halogens is 1. The molecule has 108 valence electrons. The third-order valence-electron chi connectivity index (χ3n) is 4.32. The highest BCUT2D eigenvalue weighted by atomic mass is 79.9. The molecule has 0 amide bonds. The monoisotopic (exact) mass is 328 g/mol. The Labute approximate surface area is 124 Å². The fourth-order valence-electron chi connectivity index (χ4n) is 3.21. The average molecular weight is 329 g/mol. The van der Waals surface area contributed by atoms with E-state index in [2.05, 4.69) is 56.7 Å². The van der Waals surface area contributed by atoms with Crippen LogP contribution in [0.2, 0.25) is 0 Å². The fraction of sp³-hybridized carbons (Fsp3) is 0.786. The molecule has 1 aliphatic heterocycles. The molecule has 19 heavy (non-hydrogen) atoms. The van der Waals surface area contributed by atoms with E-state index >= 15 is 0 Å². The fourth-order valence-corrected chi connectivity index (χ4v) is 3.74. The van der Waals surface area contributed by atoms with E-state index in [0.717, 1.165) is 11.0 Å². The van der Waals surface area contributed by atoms with Crippen LogP contribution in [0.25, 0.3) is 0 Å². The van der Waals surface area contributed by atoms with Crippen molar-refractivity contribution in [3.05, 3.63) is 16.4 Å². The molecule has 2 heterocycles. The molecular weight excluding hydrogens is 304 g/mol. The van der Waals surface area contributed by atoms with Gasteiger partial charge in [0.15, 0.2) is 0 Å². The first-order valence-electron chi connectivity index (χ1n) is 7.15. The molecule has 0 saturated carbocycles. The van der Waals surface area contributed by atoms with E-state index in [0.29, 0.717) is 0 Å². The van der Waals surface area contributed by atoms with Crippen LogP contribution in [-0.4, -0.2) is 40.4 Å². The van der Waals surface area contributed by atoms with Gasteiger partial charge in [-0.05, 0) is 69.7 Å². The van der Waals surface area contributed by atoms with E-state index < -0.39 is 0 Å². The van der Waals surface area contributed by atoms with Gasteiger partial charge in [-0.15, -0.1) is 0 Å². The Morgan fingerprint density at radius 3 is 2.58 bits per heavy atom. The van der Waals surface area contributed by atoms with Gasteiger partial charge in [0.25, 0.3) is 0 Å². The second-order valence-corrected chi connectivity index (χ2v) is 6.62. The largest absolute Gasteiger partial charge is 0.310 e. The molecule has 2 rings (SSSR count). The zero-order chi connectivity index (χ0) is 14.0. The van der Waals surface area contributed by atoms with Crippen LogP contribution in [-0.2, 0) is 6.54 Å². The van der Waals surface area contributed by atoms with Crippen LogP contribution >= 0.6 is 15.9 Å². The summed E-state index contributed by atoms with van der Waals surface area (Å²) in [5.41, 5.74) is 1.34. The molecule has 1 unspecified atom stereocenters. The summed E-state index contributed by atoms with van der Waals surface area (Å²) in [6.45, 7) is 10.1. The number of likely N-dealkylation sites (tertiary alicyclic amines) is 1. The predicted molar refractivity (Wildman–Crippen MR) is 82.3 cm³/mol. The van der Waals surface area contributed by atoms with Gasteiger partial charge in [0.1, 0.15) is 0 Å². The lowest BCUT2D eigenvalue weighted by Gasteiger charge is -2.42. The minimum atomic E-state index is 0.0841. The van der Waals surface area contributed by atoms with Crippen molar-refractivity contribution < 1.29 is 0 Å². The Bertz CT molecular complexity index is 421. The van der Waals surface area contributed by atoms with E-state index in [9.17, 15) is 0 Å². The van der Waals surface area contributed by atoms with Crippen molar-refractivity contribution in [3.8, 4) is 0 Å². The molecular formula is C14H25BrN4. The molecule has 0 spiro atoms. The highest BCUT2D eigenvalue weighted by Crippen LogP contribution is 2.36. The normalized spacial score (nSPS) is 19.0. The molecule has 1 aromatic heterocycles. The maximum Gasteiger partial charge on any atom is 0.0714 e. The summed E-state index contributed by atoms with van der Waals surface area (Å²) in [5.74, 6) is 0. The van der Waals surface area contributed by atoms with Gasteiger partial charge in [0.05, 0.1) is 22.4 Å². The van der Waals surface area contributed by atoms with E-state index in [1.54, 1.807) is 0 Å². The van der Waals surface area contributed by atoms with Crippen molar-refractivity contribution in [1.82, 2.24) is 20.0 Å². The summed E-state index contributed by atoms with van der Waals surface area (Å²) in [7, 11) is 2.04. The first-order chi connectivity index (χ1) is 9.02. The SMILES string of the molecule is CCn1ncc(Br)c1C(NC)C(C)(C)N1CCCC1. The van der Waals surface area contributed by atoms with Crippen molar-refractivity contribution in [2.45, 2.75) is 51.7 Å². The quantitative estimate of drug-likeness (QED) is 0.902. The Kier molecular flexibility index (Phi) is 4.69. The van der Waals surface area contributed by atoms with E-state index in [-0.39, 0.29) is 11.6 Å². The molecule has 5 heteroatoms. The molecule has 1 atom stereocenters. The van der Waals surface area contributed by atoms with Crippen LogP contribution in [0.15, 0.2) is 10.7 Å². The van der Waals surface area contributed by atoms with Crippen molar-refractivity contribution >= 4 is 15.9 Å². The maximum absolute atomic E-state index is 4.45. The van der Waals surface area contributed by atoms with E-state index in [1.807, 2.05) is 13.2 Å². The van der Waals surface area contributed by atoms with Gasteiger partial charge in [-0.1, -0.05) is 0 Å². The minimum Gasteiger partial charge on any atom is -0.310 e. The van der Waals surface area contributed by atoms with Crippen LogP contribution in [0, 0.1) is 0 Å². The molecule has 1 aliphatic rings. The molecule has 1 aromatic rings. The molecule has 0 bridgehead atoms. The topological polar surface area (TPSA) is 33.1 Å². The van der Waals surface area contributed by atoms with Gasteiger partial charge in [-0.25, -0.2) is 0 Å². The molecule has 1 fully saturated rings. The van der Waals surface area contributed by atoms with Gasteiger partial charge < -0.3 is 5.32 Å². The van der Waals surface area contributed by atoms with Crippen LogP contribution in [0.4, 0.5) is 0 Å². The van der Waals surface area contributed by atoms with Crippen molar-refractivity contribution in [1.29, 1.82) is 0 Å². The lowest BCUT2D eigenvalue weighted by molar-refractivity contribution is 0.106. The lowest BCUT2D eigenvalue weighted by Crippen LogP contribution is -2.51. The molecule has 0 aromatic carbocycles. The average Bonchev–Trinajstić information content (AvgIpc) is 3.01. The summed E-state index contributed by atoms with van der Waals surface area (Å²) in [5, 5.41) is 7.96. The minimum absolute atomic E-state index is 0.0841. The summed E-state index contributed by atoms with van der Waals surface area (Å²) in [4.78, 5) is 2.59. The Hall–Kier alpha value is -0.390. The van der Waals surface area contributed by atoms with Crippen molar-refractivity contribution in [2.24, 2.45) is 0 Å². The molecule has 1 saturated heterocycles. The summed E-state index contributed by atoms with van der Waals surface area (Å²) < 4.78 is 3.18. The van der Waals surface area contributed by atoms with Crippen LogP contribution in [0.3, 0.4) is 0 Å². The van der Waals surface area contributed by atoms with Gasteiger partial charge in [-0.3, -0.25) is 9.58 Å². The maximum atomic E-state index is 4.45. The smallest absolute Gasteiger partial charge is 0.0714 e. The van der Waals surface area contributed by atoms with Gasteiger partial charge >= 0.3 is 0 Å². The number of hydrogen-bond acceptors (Lipinski definition) is 3. The summed E-state index contributed by atoms with van der Waals surface area (Å²) in [6, 6.07) is 0.266. The second kappa shape index (κ2) is 5.94. The third-order valence-corrected chi connectivity index (χ3v) is 4.93. The highest BCUT2D eigenvalue weighted by molar-refractivity contribution is 9.10. The first kappa shape index (κ1) is 15.0. The van der Waals surface area contributed by atoms with Gasteiger partial charge in [0, 0.05) is 12.1 Å². The standard InChI is InChI=1S/C14H25BrN4/c1-5-19-12(11(15)10-17-19)13(16-4)14(2,3)18-8-6-7-9-18/h10,13,16H,5-9H2,1-4H3. The number of likely N-dealkylation sites (N-methyl/N-ethyl adjacent to an activating group) is 1. The summed E-state index contributed by atoms with van der Waals surface area (Å²) in [6.07, 6.45) is 4.53. The summed E-state index contributed by atoms with van der Waals surface area (Å²) >= 11 is 3.66. The number of hydrogen-bond donors (Lipinski definition) is 1. The zero-order valence-corrected chi connectivity index (χ0v) is 14.0. The number of nitrogens with one attached hydrogen (secondary N) is 1. The lowest BCUT2D eigenvalue weighted by atomic mass is 9.90. The number of aryl methyl sites for hydroxylation is 1. The molecule has 0 radical (unpaired) electrons. The zero-order valence-electron chi connectivity index (χ0n) is 12.4. The third kappa shape index (κ3) is 2.73. The van der Waals surface area contributed by atoms with Crippen molar-refractivity contribution in [2.75, 3.05) is 20.1 Å². The molecule has 4 nitrogen and oxygen atoms in total. The number of rotatable bonds is 5. The predicted octanol–water partition coefficient (Wildman–Crippen LogP) is 2.80. The van der Waals surface area contributed by atoms with E-state index in [1.165, 1.54) is 31.6 Å². The molecule has 0 aliphatic carbocycles. The molecule has 1 N–H and O–H groups in total. The van der Waals surface area contributed by atoms with E-state index in [4.69, 9.17) is 0 Å². The first-order valence-corrected chi connectivity index (χ1v) is 7.95. The van der Waals surface area contributed by atoms with Crippen molar-refractivity contribution in [3.63, 3.8) is 0 Å².